The molecule has 2 rings (SSSR count). The van der Waals surface area contributed by atoms with Gasteiger partial charge in [0.25, 0.3) is 0 Å². The van der Waals surface area contributed by atoms with Gasteiger partial charge in [0, 0.05) is 5.39 Å². The van der Waals surface area contributed by atoms with E-state index in [9.17, 15) is 14.0 Å². The van der Waals surface area contributed by atoms with Gasteiger partial charge in [0.05, 0.1) is 5.56 Å². The second kappa shape index (κ2) is 3.82. The lowest BCUT2D eigenvalue weighted by molar-refractivity contribution is 0.0691. The Morgan fingerprint density at radius 1 is 1.18 bits per heavy atom. The van der Waals surface area contributed by atoms with Crippen LogP contribution in [0.15, 0.2) is 24.3 Å². The first-order valence-electron chi connectivity index (χ1n) is 4.56. The number of carboxylic acids is 2. The van der Waals surface area contributed by atoms with Gasteiger partial charge in [-0.25, -0.2) is 19.0 Å². The van der Waals surface area contributed by atoms with Crippen LogP contribution in [0.4, 0.5) is 4.39 Å². The van der Waals surface area contributed by atoms with Crippen molar-refractivity contribution >= 4 is 22.8 Å². The minimum Gasteiger partial charge on any atom is -0.478 e. The van der Waals surface area contributed by atoms with E-state index in [4.69, 9.17) is 10.2 Å². The molecule has 0 aliphatic carbocycles. The van der Waals surface area contributed by atoms with Gasteiger partial charge in [-0.2, -0.15) is 0 Å². The number of hydrogen-bond donors (Lipinski definition) is 2. The predicted octanol–water partition coefficient (Wildman–Crippen LogP) is 1.77. The fraction of sp³-hybridized carbons (Fsp3) is 0. The van der Waals surface area contributed by atoms with E-state index >= 15 is 0 Å². The van der Waals surface area contributed by atoms with E-state index in [-0.39, 0.29) is 16.5 Å². The Morgan fingerprint density at radius 3 is 2.47 bits per heavy atom. The summed E-state index contributed by atoms with van der Waals surface area (Å²) in [6, 6.07) is 4.71. The lowest BCUT2D eigenvalue weighted by atomic mass is 10.1. The zero-order valence-corrected chi connectivity index (χ0v) is 8.35. The average Bonchev–Trinajstić information content (AvgIpc) is 2.28. The summed E-state index contributed by atoms with van der Waals surface area (Å²) in [4.78, 5) is 25.3. The molecule has 0 fully saturated rings. The number of rotatable bonds is 2. The molecular weight excluding hydrogens is 229 g/mol. The third-order valence-corrected chi connectivity index (χ3v) is 2.24. The first kappa shape index (κ1) is 11.0. The Bertz CT molecular complexity index is 639. The largest absolute Gasteiger partial charge is 0.478 e. The highest BCUT2D eigenvalue weighted by Crippen LogP contribution is 2.21. The Balaban J connectivity index is 2.91. The van der Waals surface area contributed by atoms with Gasteiger partial charge in [-0.3, -0.25) is 0 Å². The summed E-state index contributed by atoms with van der Waals surface area (Å²) in [5, 5.41) is 17.8. The molecule has 0 amide bonds. The van der Waals surface area contributed by atoms with Gasteiger partial charge in [-0.1, -0.05) is 12.1 Å². The van der Waals surface area contributed by atoms with Gasteiger partial charge in [-0.15, -0.1) is 0 Å². The summed E-state index contributed by atoms with van der Waals surface area (Å²) >= 11 is 0. The Kier molecular flexibility index (Phi) is 2.47. The third-order valence-electron chi connectivity index (χ3n) is 2.24. The lowest BCUT2D eigenvalue weighted by Crippen LogP contribution is -2.07. The first-order chi connectivity index (χ1) is 8.00. The highest BCUT2D eigenvalue weighted by Gasteiger charge is 2.16. The molecule has 0 saturated heterocycles. The average molecular weight is 235 g/mol. The zero-order valence-electron chi connectivity index (χ0n) is 8.35. The van der Waals surface area contributed by atoms with Crippen molar-refractivity contribution in [2.24, 2.45) is 0 Å². The topological polar surface area (TPSA) is 87.5 Å². The molecule has 0 radical (unpaired) electrons. The molecule has 0 unspecified atom stereocenters. The van der Waals surface area contributed by atoms with Crippen molar-refractivity contribution in [3.05, 3.63) is 41.3 Å². The maximum atomic E-state index is 13.4. The van der Waals surface area contributed by atoms with Gasteiger partial charge >= 0.3 is 11.9 Å². The minimum absolute atomic E-state index is 0.0718. The molecule has 0 aliphatic heterocycles. The van der Waals surface area contributed by atoms with Gasteiger partial charge < -0.3 is 10.2 Å². The quantitative estimate of drug-likeness (QED) is 0.828. The van der Waals surface area contributed by atoms with E-state index in [0.717, 1.165) is 12.1 Å². The van der Waals surface area contributed by atoms with Gasteiger partial charge in [0.15, 0.2) is 0 Å². The Hall–Kier alpha value is -2.50. The fourth-order valence-corrected chi connectivity index (χ4v) is 1.50. The maximum absolute atomic E-state index is 13.4. The molecule has 0 spiro atoms. The van der Waals surface area contributed by atoms with Crippen LogP contribution in [-0.2, 0) is 0 Å². The number of pyridine rings is 1. The van der Waals surface area contributed by atoms with Crippen molar-refractivity contribution in [3.8, 4) is 0 Å². The van der Waals surface area contributed by atoms with Crippen molar-refractivity contribution in [2.75, 3.05) is 0 Å². The second-order valence-electron chi connectivity index (χ2n) is 3.30. The van der Waals surface area contributed by atoms with Crippen LogP contribution in [0, 0.1) is 5.82 Å². The molecule has 6 heteroatoms. The molecule has 0 saturated carbocycles. The van der Waals surface area contributed by atoms with Crippen LogP contribution < -0.4 is 0 Å². The first-order valence-corrected chi connectivity index (χ1v) is 4.56. The van der Waals surface area contributed by atoms with Crippen molar-refractivity contribution in [2.45, 2.75) is 0 Å². The standard InChI is InChI=1S/C11H6FNO4/c12-7-3-1-2-5-6(10(14)15)4-8(11(16)17)13-9(5)7/h1-4H,(H,14,15)(H,16,17). The van der Waals surface area contributed by atoms with Crippen LogP contribution in [0.2, 0.25) is 0 Å². The zero-order chi connectivity index (χ0) is 12.6. The number of fused-ring (bicyclic) bond motifs is 1. The number of benzene rings is 1. The van der Waals surface area contributed by atoms with Crippen LogP contribution in [-0.4, -0.2) is 27.1 Å². The summed E-state index contributed by atoms with van der Waals surface area (Å²) in [5.74, 6) is -3.49. The molecule has 5 nitrogen and oxygen atoms in total. The lowest BCUT2D eigenvalue weighted by Gasteiger charge is -2.04. The number of aromatic nitrogens is 1. The summed E-state index contributed by atoms with van der Waals surface area (Å²) in [6.07, 6.45) is 0. The van der Waals surface area contributed by atoms with Gasteiger partial charge in [0.2, 0.25) is 0 Å². The van der Waals surface area contributed by atoms with Crippen LogP contribution in [0.3, 0.4) is 0 Å². The van der Waals surface area contributed by atoms with Gasteiger partial charge in [-0.05, 0) is 12.1 Å². The molecule has 86 valence electrons. The molecular formula is C11H6FNO4. The minimum atomic E-state index is -1.40. The van der Waals surface area contributed by atoms with Crippen molar-refractivity contribution in [3.63, 3.8) is 0 Å². The number of carbonyl (C=O) groups is 2. The fourth-order valence-electron chi connectivity index (χ4n) is 1.50. The summed E-state index contributed by atoms with van der Waals surface area (Å²) in [7, 11) is 0. The summed E-state index contributed by atoms with van der Waals surface area (Å²) in [6.45, 7) is 0. The molecule has 2 N–H and O–H groups in total. The number of nitrogens with zero attached hydrogens (tertiary/aromatic N) is 1. The molecule has 0 bridgehead atoms. The number of hydrogen-bond acceptors (Lipinski definition) is 3. The predicted molar refractivity (Wildman–Crippen MR) is 55.6 cm³/mol. The Morgan fingerprint density at radius 2 is 1.88 bits per heavy atom. The van der Waals surface area contributed by atoms with E-state index in [2.05, 4.69) is 4.98 Å². The molecule has 1 aromatic heterocycles. The molecule has 1 heterocycles. The van der Waals surface area contributed by atoms with Crippen LogP contribution in [0.1, 0.15) is 20.8 Å². The highest BCUT2D eigenvalue weighted by atomic mass is 19.1. The molecule has 1 aromatic carbocycles. The maximum Gasteiger partial charge on any atom is 0.354 e. The number of aromatic carboxylic acids is 2. The van der Waals surface area contributed by atoms with E-state index in [1.807, 2.05) is 0 Å². The van der Waals surface area contributed by atoms with Crippen LogP contribution >= 0.6 is 0 Å². The second-order valence-corrected chi connectivity index (χ2v) is 3.30. The van der Waals surface area contributed by atoms with Crippen LogP contribution in [0.25, 0.3) is 10.9 Å². The SMILES string of the molecule is O=C(O)c1cc(C(=O)O)c2cccc(F)c2n1. The molecule has 0 atom stereocenters. The van der Waals surface area contributed by atoms with E-state index in [1.165, 1.54) is 12.1 Å². The van der Waals surface area contributed by atoms with E-state index in [0.29, 0.717) is 0 Å². The number of halogens is 1. The van der Waals surface area contributed by atoms with Gasteiger partial charge in [0.1, 0.15) is 17.0 Å². The third kappa shape index (κ3) is 1.80. The monoisotopic (exact) mass is 235 g/mol. The Labute approximate surface area is 94.1 Å². The highest BCUT2D eigenvalue weighted by molar-refractivity contribution is 6.04. The molecule has 17 heavy (non-hydrogen) atoms. The molecule has 2 aromatic rings. The summed E-state index contributed by atoms with van der Waals surface area (Å²) in [5.41, 5.74) is -1.04. The van der Waals surface area contributed by atoms with E-state index < -0.39 is 23.4 Å². The van der Waals surface area contributed by atoms with Crippen molar-refractivity contribution in [1.29, 1.82) is 0 Å². The smallest absolute Gasteiger partial charge is 0.354 e. The normalized spacial score (nSPS) is 10.4. The van der Waals surface area contributed by atoms with Crippen LogP contribution in [0.5, 0.6) is 0 Å². The summed E-state index contributed by atoms with van der Waals surface area (Å²) < 4.78 is 13.4. The van der Waals surface area contributed by atoms with E-state index in [1.54, 1.807) is 0 Å². The van der Waals surface area contributed by atoms with Crippen molar-refractivity contribution in [1.82, 2.24) is 4.98 Å². The number of para-hydroxylation sites is 1. The number of carboxylic acid groups (broad SMARTS) is 2. The molecule has 0 aliphatic rings. The van der Waals surface area contributed by atoms with Crippen molar-refractivity contribution < 1.29 is 24.2 Å².